The molecule has 2 N–H and O–H groups in total. The van der Waals surface area contributed by atoms with E-state index in [0.717, 1.165) is 42.2 Å². The summed E-state index contributed by atoms with van der Waals surface area (Å²) in [5.41, 5.74) is 5.85. The molecule has 1 fully saturated rings. The molecular formula is C23H29ClN2O2. The van der Waals surface area contributed by atoms with Gasteiger partial charge in [0.25, 0.3) is 0 Å². The first-order valence-electron chi connectivity index (χ1n) is 9.94. The summed E-state index contributed by atoms with van der Waals surface area (Å²) in [5, 5.41) is 13.7. The minimum atomic E-state index is -0.682. The van der Waals surface area contributed by atoms with Crippen molar-refractivity contribution in [3.8, 4) is 0 Å². The Morgan fingerprint density at radius 2 is 2.07 bits per heavy atom. The van der Waals surface area contributed by atoms with Crippen LogP contribution in [0.3, 0.4) is 0 Å². The molecule has 0 spiro atoms. The minimum Gasteiger partial charge on any atom is -0.481 e. The molecule has 0 bridgehead atoms. The molecule has 0 radical (unpaired) electrons. The summed E-state index contributed by atoms with van der Waals surface area (Å²) in [6.07, 6.45) is 1.71. The third kappa shape index (κ3) is 5.06. The van der Waals surface area contributed by atoms with Gasteiger partial charge < -0.3 is 10.4 Å². The first-order chi connectivity index (χ1) is 13.4. The number of rotatable bonds is 7. The molecule has 1 aliphatic heterocycles. The Morgan fingerprint density at radius 1 is 1.29 bits per heavy atom. The van der Waals surface area contributed by atoms with Gasteiger partial charge in [0.05, 0.1) is 12.0 Å². The molecule has 1 aliphatic rings. The number of anilines is 1. The van der Waals surface area contributed by atoms with Crippen LogP contribution in [0.25, 0.3) is 0 Å². The lowest BCUT2D eigenvalue weighted by atomic mass is 10.0. The zero-order chi connectivity index (χ0) is 20.3. The van der Waals surface area contributed by atoms with Gasteiger partial charge in [0.1, 0.15) is 0 Å². The average Bonchev–Trinajstić information content (AvgIpc) is 3.10. The summed E-state index contributed by atoms with van der Waals surface area (Å²) in [6.45, 7) is 8.57. The molecule has 0 amide bonds. The number of nitrogens with zero attached hydrogens (tertiary/aromatic N) is 1. The van der Waals surface area contributed by atoms with E-state index >= 15 is 0 Å². The number of carboxylic acid groups (broad SMARTS) is 1. The van der Waals surface area contributed by atoms with Crippen LogP contribution < -0.4 is 5.32 Å². The number of carboxylic acids is 1. The standard InChI is InChI=1S/C23H29ClN2O2/c1-4-22(18-5-6-21(24)16(3)11-18)25-20-10-15(2)9-17(12-20)13-26-8-7-19(14-26)23(27)28/h5-6,9-12,19,22,25H,4,7-8,13-14H2,1-3H3,(H,27,28)/t19?,22-/m1/s1. The van der Waals surface area contributed by atoms with Crippen molar-refractivity contribution in [2.24, 2.45) is 5.92 Å². The zero-order valence-electron chi connectivity index (χ0n) is 16.8. The maximum atomic E-state index is 11.2. The van der Waals surface area contributed by atoms with Gasteiger partial charge in [-0.05, 0) is 73.7 Å². The second-order valence-electron chi connectivity index (χ2n) is 7.88. The van der Waals surface area contributed by atoms with Gasteiger partial charge in [0, 0.05) is 23.8 Å². The van der Waals surface area contributed by atoms with Crippen LogP contribution in [0.1, 0.15) is 48.1 Å². The van der Waals surface area contributed by atoms with Crippen LogP contribution in [-0.2, 0) is 11.3 Å². The van der Waals surface area contributed by atoms with E-state index in [2.05, 4.69) is 54.4 Å². The summed E-state index contributed by atoms with van der Waals surface area (Å²) in [5.74, 6) is -0.918. The second kappa shape index (κ2) is 8.97. The Hall–Kier alpha value is -2.04. The van der Waals surface area contributed by atoms with Crippen LogP contribution in [-0.4, -0.2) is 29.1 Å². The highest BCUT2D eigenvalue weighted by atomic mass is 35.5. The van der Waals surface area contributed by atoms with E-state index in [0.29, 0.717) is 6.54 Å². The van der Waals surface area contributed by atoms with Gasteiger partial charge in [0.15, 0.2) is 0 Å². The molecule has 1 unspecified atom stereocenters. The van der Waals surface area contributed by atoms with Crippen molar-refractivity contribution in [1.82, 2.24) is 4.90 Å². The van der Waals surface area contributed by atoms with E-state index in [1.807, 2.05) is 13.0 Å². The Kier molecular flexibility index (Phi) is 6.63. The number of nitrogens with one attached hydrogen (secondary N) is 1. The zero-order valence-corrected chi connectivity index (χ0v) is 17.6. The van der Waals surface area contributed by atoms with Gasteiger partial charge in [-0.25, -0.2) is 0 Å². The van der Waals surface area contributed by atoms with Gasteiger partial charge in [-0.3, -0.25) is 9.69 Å². The number of halogens is 1. The highest BCUT2D eigenvalue weighted by Gasteiger charge is 2.27. The number of hydrogen-bond donors (Lipinski definition) is 2. The smallest absolute Gasteiger partial charge is 0.307 e. The van der Waals surface area contributed by atoms with Crippen LogP contribution in [0.15, 0.2) is 36.4 Å². The lowest BCUT2D eigenvalue weighted by Gasteiger charge is -2.22. The fourth-order valence-corrected chi connectivity index (χ4v) is 4.10. The molecule has 28 heavy (non-hydrogen) atoms. The minimum absolute atomic E-state index is 0.216. The van der Waals surface area contributed by atoms with Gasteiger partial charge in [0.2, 0.25) is 0 Å². The molecule has 1 heterocycles. The van der Waals surface area contributed by atoms with Crippen molar-refractivity contribution in [3.05, 3.63) is 63.7 Å². The van der Waals surface area contributed by atoms with Crippen LogP contribution in [0.5, 0.6) is 0 Å². The Balaban J connectivity index is 1.73. The highest BCUT2D eigenvalue weighted by molar-refractivity contribution is 6.31. The topological polar surface area (TPSA) is 52.6 Å². The van der Waals surface area contributed by atoms with Crippen molar-refractivity contribution in [2.75, 3.05) is 18.4 Å². The van der Waals surface area contributed by atoms with Crippen molar-refractivity contribution in [2.45, 2.75) is 46.2 Å². The molecule has 0 aliphatic carbocycles. The van der Waals surface area contributed by atoms with Crippen molar-refractivity contribution < 1.29 is 9.90 Å². The maximum absolute atomic E-state index is 11.2. The fourth-order valence-electron chi connectivity index (χ4n) is 3.98. The number of likely N-dealkylation sites (tertiary alicyclic amines) is 1. The molecule has 2 atom stereocenters. The molecule has 2 aromatic carbocycles. The van der Waals surface area contributed by atoms with E-state index in [1.54, 1.807) is 0 Å². The summed E-state index contributed by atoms with van der Waals surface area (Å²) >= 11 is 6.18. The summed E-state index contributed by atoms with van der Waals surface area (Å²) in [4.78, 5) is 13.4. The summed E-state index contributed by atoms with van der Waals surface area (Å²) in [7, 11) is 0. The number of hydrogen-bond acceptors (Lipinski definition) is 3. The number of aryl methyl sites for hydroxylation is 2. The van der Waals surface area contributed by atoms with Gasteiger partial charge in [-0.1, -0.05) is 36.7 Å². The van der Waals surface area contributed by atoms with Gasteiger partial charge in [-0.15, -0.1) is 0 Å². The molecule has 0 aromatic heterocycles. The van der Waals surface area contributed by atoms with Gasteiger partial charge >= 0.3 is 5.97 Å². The predicted molar refractivity (Wildman–Crippen MR) is 115 cm³/mol. The largest absolute Gasteiger partial charge is 0.481 e. The van der Waals surface area contributed by atoms with E-state index in [-0.39, 0.29) is 12.0 Å². The normalized spacial score (nSPS) is 18.2. The fraction of sp³-hybridized carbons (Fsp3) is 0.435. The van der Waals surface area contributed by atoms with Crippen LogP contribution in [0, 0.1) is 19.8 Å². The Labute approximate surface area is 172 Å². The predicted octanol–water partition coefficient (Wildman–Crippen LogP) is 5.43. The summed E-state index contributed by atoms with van der Waals surface area (Å²) < 4.78 is 0. The molecule has 1 saturated heterocycles. The monoisotopic (exact) mass is 400 g/mol. The third-order valence-corrected chi connectivity index (χ3v) is 5.92. The second-order valence-corrected chi connectivity index (χ2v) is 8.29. The molecule has 150 valence electrons. The quantitative estimate of drug-likeness (QED) is 0.650. The van der Waals surface area contributed by atoms with E-state index < -0.39 is 5.97 Å². The first-order valence-corrected chi connectivity index (χ1v) is 10.3. The van der Waals surface area contributed by atoms with Gasteiger partial charge in [-0.2, -0.15) is 0 Å². The summed E-state index contributed by atoms with van der Waals surface area (Å²) in [6, 6.07) is 13.0. The molecular weight excluding hydrogens is 372 g/mol. The van der Waals surface area contributed by atoms with E-state index in [9.17, 15) is 9.90 Å². The van der Waals surface area contributed by atoms with E-state index in [1.165, 1.54) is 16.7 Å². The van der Waals surface area contributed by atoms with Crippen molar-refractivity contribution in [3.63, 3.8) is 0 Å². The number of benzene rings is 2. The molecule has 4 nitrogen and oxygen atoms in total. The molecule has 3 rings (SSSR count). The van der Waals surface area contributed by atoms with Crippen LogP contribution >= 0.6 is 11.6 Å². The molecule has 0 saturated carbocycles. The number of aliphatic carboxylic acids is 1. The lowest BCUT2D eigenvalue weighted by Crippen LogP contribution is -2.23. The first kappa shape index (κ1) is 20.7. The Morgan fingerprint density at radius 3 is 2.71 bits per heavy atom. The molecule has 5 heteroatoms. The Bertz CT molecular complexity index is 852. The third-order valence-electron chi connectivity index (χ3n) is 5.50. The van der Waals surface area contributed by atoms with Crippen LogP contribution in [0.2, 0.25) is 5.02 Å². The van der Waals surface area contributed by atoms with Crippen LogP contribution in [0.4, 0.5) is 5.69 Å². The van der Waals surface area contributed by atoms with E-state index in [4.69, 9.17) is 11.6 Å². The number of carbonyl (C=O) groups is 1. The van der Waals surface area contributed by atoms with Crippen molar-refractivity contribution >= 4 is 23.3 Å². The lowest BCUT2D eigenvalue weighted by molar-refractivity contribution is -0.141. The average molecular weight is 401 g/mol. The maximum Gasteiger partial charge on any atom is 0.307 e. The van der Waals surface area contributed by atoms with Crippen molar-refractivity contribution in [1.29, 1.82) is 0 Å². The molecule has 2 aromatic rings. The SMILES string of the molecule is CC[C@@H](Nc1cc(C)cc(CN2CCC(C(=O)O)C2)c1)c1ccc(Cl)c(C)c1. The highest BCUT2D eigenvalue weighted by Crippen LogP contribution is 2.28.